The Morgan fingerprint density at radius 1 is 1.63 bits per heavy atom. The number of nitrogens with one attached hydrogen (secondary N) is 2. The van der Waals surface area contributed by atoms with E-state index in [-0.39, 0.29) is 16.8 Å². The molecule has 1 atom stereocenters. The van der Waals surface area contributed by atoms with E-state index in [4.69, 9.17) is 16.4 Å². The highest BCUT2D eigenvalue weighted by Gasteiger charge is 2.18. The predicted molar refractivity (Wildman–Crippen MR) is 71.0 cm³/mol. The minimum Gasteiger partial charge on any atom is -0.390 e. The zero-order valence-electron chi connectivity index (χ0n) is 10.2. The number of nitrogens with zero attached hydrogens (tertiary/aromatic N) is 1. The Bertz CT molecular complexity index is 522. The molecule has 1 aromatic rings. The number of halogens is 2. The molecular formula is C12H13ClFN3O2. The first-order valence-electron chi connectivity index (χ1n) is 5.74. The largest absolute Gasteiger partial charge is 0.390 e. The molecule has 5 nitrogen and oxygen atoms in total. The van der Waals surface area contributed by atoms with E-state index in [2.05, 4.69) is 15.8 Å². The molecule has 2 amide bonds. The number of hydrogen-bond donors (Lipinski definition) is 2. The van der Waals surface area contributed by atoms with Crippen LogP contribution in [0.4, 0.5) is 14.9 Å². The molecule has 102 valence electrons. The molecule has 19 heavy (non-hydrogen) atoms. The first-order valence-corrected chi connectivity index (χ1v) is 6.11. The maximum absolute atomic E-state index is 13.4. The maximum Gasteiger partial charge on any atom is 0.319 e. The summed E-state index contributed by atoms with van der Waals surface area (Å²) in [6.45, 7) is 2.16. The van der Waals surface area contributed by atoms with Gasteiger partial charge in [0.15, 0.2) is 0 Å². The number of benzene rings is 1. The average Bonchev–Trinajstić information content (AvgIpc) is 2.76. The number of urea groups is 1. The van der Waals surface area contributed by atoms with Crippen molar-refractivity contribution < 1.29 is 14.0 Å². The number of carbonyl (C=O) groups is 1. The van der Waals surface area contributed by atoms with E-state index in [1.54, 1.807) is 0 Å². The lowest BCUT2D eigenvalue weighted by molar-refractivity contribution is 0.0870. The fraction of sp³-hybridized carbons (Fsp3) is 0.333. The Kier molecular flexibility index (Phi) is 4.21. The lowest BCUT2D eigenvalue weighted by Gasteiger charge is -2.11. The van der Waals surface area contributed by atoms with E-state index in [0.717, 1.165) is 11.8 Å². The first kappa shape index (κ1) is 13.6. The molecule has 7 heteroatoms. The number of oxime groups is 1. The van der Waals surface area contributed by atoms with E-state index in [9.17, 15) is 9.18 Å². The Morgan fingerprint density at radius 2 is 2.42 bits per heavy atom. The van der Waals surface area contributed by atoms with Crippen LogP contribution in [0.3, 0.4) is 0 Å². The van der Waals surface area contributed by atoms with Crippen LogP contribution in [0.15, 0.2) is 23.4 Å². The molecule has 2 N–H and O–H groups in total. The molecule has 0 saturated carbocycles. The molecule has 0 bridgehead atoms. The predicted octanol–water partition coefficient (Wildman–Crippen LogP) is 2.77. The number of amides is 2. The monoisotopic (exact) mass is 285 g/mol. The second-order valence-electron chi connectivity index (χ2n) is 4.22. The summed E-state index contributed by atoms with van der Waals surface area (Å²) in [7, 11) is 0. The molecule has 2 rings (SSSR count). The second-order valence-corrected chi connectivity index (χ2v) is 4.65. The summed E-state index contributed by atoms with van der Waals surface area (Å²) in [5.74, 6) is -0.584. The Labute approximate surface area is 114 Å². The van der Waals surface area contributed by atoms with Crippen molar-refractivity contribution in [3.63, 3.8) is 0 Å². The fourth-order valence-electron chi connectivity index (χ4n) is 1.64. The van der Waals surface area contributed by atoms with Gasteiger partial charge in [-0.25, -0.2) is 9.18 Å². The third kappa shape index (κ3) is 3.82. The quantitative estimate of drug-likeness (QED) is 0.897. The van der Waals surface area contributed by atoms with Crippen LogP contribution in [0, 0.1) is 5.82 Å². The summed E-state index contributed by atoms with van der Waals surface area (Å²) in [5.41, 5.74) is 0.956. The minimum atomic E-state index is -0.584. The summed E-state index contributed by atoms with van der Waals surface area (Å²) >= 11 is 5.62. The Balaban J connectivity index is 1.81. The summed E-state index contributed by atoms with van der Waals surface area (Å²) in [6.07, 6.45) is 0.510. The lowest BCUT2D eigenvalue weighted by Crippen LogP contribution is -2.35. The molecule has 1 aliphatic rings. The fourth-order valence-corrected chi connectivity index (χ4v) is 1.80. The van der Waals surface area contributed by atoms with Crippen molar-refractivity contribution in [1.82, 2.24) is 5.32 Å². The van der Waals surface area contributed by atoms with Gasteiger partial charge >= 0.3 is 6.03 Å². The summed E-state index contributed by atoms with van der Waals surface area (Å²) in [6, 6.07) is 3.53. The summed E-state index contributed by atoms with van der Waals surface area (Å²) < 4.78 is 13.4. The van der Waals surface area contributed by atoms with Gasteiger partial charge in [-0.3, -0.25) is 0 Å². The van der Waals surface area contributed by atoms with Gasteiger partial charge in [0.1, 0.15) is 11.9 Å². The van der Waals surface area contributed by atoms with Gasteiger partial charge in [-0.1, -0.05) is 16.8 Å². The van der Waals surface area contributed by atoms with E-state index in [0.29, 0.717) is 13.0 Å². The Morgan fingerprint density at radius 3 is 3.05 bits per heavy atom. The van der Waals surface area contributed by atoms with Crippen molar-refractivity contribution in [1.29, 1.82) is 0 Å². The van der Waals surface area contributed by atoms with Crippen molar-refractivity contribution in [2.45, 2.75) is 19.4 Å². The molecule has 0 saturated heterocycles. The molecule has 1 aromatic carbocycles. The van der Waals surface area contributed by atoms with E-state index in [1.807, 2.05) is 6.92 Å². The van der Waals surface area contributed by atoms with Crippen LogP contribution in [0.2, 0.25) is 5.02 Å². The third-order valence-corrected chi connectivity index (χ3v) is 2.79. The molecular weight excluding hydrogens is 273 g/mol. The lowest BCUT2D eigenvalue weighted by atomic mass is 10.2. The van der Waals surface area contributed by atoms with E-state index >= 15 is 0 Å². The Hall–Kier alpha value is -1.82. The molecule has 1 unspecified atom stereocenters. The molecule has 0 aliphatic carbocycles. The SMILES string of the molecule is CC1=NOC(CNC(=O)Nc2ccc(Cl)cc2F)C1. The van der Waals surface area contributed by atoms with Crippen molar-refractivity contribution in [2.75, 3.05) is 11.9 Å². The van der Waals surface area contributed by atoms with E-state index < -0.39 is 11.8 Å². The van der Waals surface area contributed by atoms with Gasteiger partial charge in [-0.05, 0) is 25.1 Å². The molecule has 1 aliphatic heterocycles. The third-order valence-electron chi connectivity index (χ3n) is 2.55. The number of carbonyl (C=O) groups excluding carboxylic acids is 1. The zero-order valence-corrected chi connectivity index (χ0v) is 11.0. The van der Waals surface area contributed by atoms with Gasteiger partial charge in [0.2, 0.25) is 0 Å². The molecule has 0 fully saturated rings. The smallest absolute Gasteiger partial charge is 0.319 e. The van der Waals surface area contributed by atoms with Crippen molar-refractivity contribution >= 4 is 29.0 Å². The van der Waals surface area contributed by atoms with Crippen LogP contribution < -0.4 is 10.6 Å². The van der Waals surface area contributed by atoms with Crippen LogP contribution in [0.1, 0.15) is 13.3 Å². The highest BCUT2D eigenvalue weighted by molar-refractivity contribution is 6.30. The highest BCUT2D eigenvalue weighted by Crippen LogP contribution is 2.18. The highest BCUT2D eigenvalue weighted by atomic mass is 35.5. The van der Waals surface area contributed by atoms with Crippen LogP contribution in [0.5, 0.6) is 0 Å². The second kappa shape index (κ2) is 5.88. The van der Waals surface area contributed by atoms with Gasteiger partial charge in [0, 0.05) is 11.4 Å². The standard InChI is InChI=1S/C12H13ClFN3O2/c1-7-4-9(19-17-7)6-15-12(18)16-11-3-2-8(13)5-10(11)14/h2-3,5,9H,4,6H2,1H3,(H2,15,16,18). The van der Waals surface area contributed by atoms with Gasteiger partial charge in [-0.15, -0.1) is 0 Å². The van der Waals surface area contributed by atoms with Gasteiger partial charge in [-0.2, -0.15) is 0 Å². The zero-order chi connectivity index (χ0) is 13.8. The topological polar surface area (TPSA) is 62.7 Å². The average molecular weight is 286 g/mol. The molecule has 0 radical (unpaired) electrons. The van der Waals surface area contributed by atoms with Crippen LogP contribution in [-0.2, 0) is 4.84 Å². The molecule has 0 spiro atoms. The van der Waals surface area contributed by atoms with Crippen LogP contribution in [-0.4, -0.2) is 24.4 Å². The number of rotatable bonds is 3. The van der Waals surface area contributed by atoms with E-state index in [1.165, 1.54) is 12.1 Å². The molecule has 1 heterocycles. The van der Waals surface area contributed by atoms with Crippen molar-refractivity contribution in [2.24, 2.45) is 5.16 Å². The molecule has 0 aromatic heterocycles. The normalized spacial score (nSPS) is 17.6. The van der Waals surface area contributed by atoms with Crippen molar-refractivity contribution in [3.05, 3.63) is 29.0 Å². The summed E-state index contributed by atoms with van der Waals surface area (Å²) in [4.78, 5) is 16.6. The van der Waals surface area contributed by atoms with Crippen molar-refractivity contribution in [3.8, 4) is 0 Å². The maximum atomic E-state index is 13.4. The minimum absolute atomic E-state index is 0.0710. The number of hydrogen-bond acceptors (Lipinski definition) is 3. The van der Waals surface area contributed by atoms with Crippen LogP contribution in [0.25, 0.3) is 0 Å². The first-order chi connectivity index (χ1) is 9.04. The number of anilines is 1. The van der Waals surface area contributed by atoms with Crippen LogP contribution >= 0.6 is 11.6 Å². The summed E-state index contributed by atoms with van der Waals surface area (Å²) in [5, 5.41) is 9.03. The van der Waals surface area contributed by atoms with Gasteiger partial charge in [0.25, 0.3) is 0 Å². The van der Waals surface area contributed by atoms with Gasteiger partial charge < -0.3 is 15.5 Å². The van der Waals surface area contributed by atoms with Gasteiger partial charge in [0.05, 0.1) is 17.9 Å².